The lowest BCUT2D eigenvalue weighted by atomic mass is 9.69. The van der Waals surface area contributed by atoms with Crippen molar-refractivity contribution >= 4 is 0 Å². The van der Waals surface area contributed by atoms with Gasteiger partial charge < -0.3 is 5.73 Å². The molecule has 1 aliphatic carbocycles. The van der Waals surface area contributed by atoms with Crippen molar-refractivity contribution in [3.05, 3.63) is 23.8 Å². The Morgan fingerprint density at radius 2 is 1.93 bits per heavy atom. The molecule has 1 nitrogen and oxygen atoms in total. The smallest absolute Gasteiger partial charge is 0.0102 e. The van der Waals surface area contributed by atoms with Crippen LogP contribution in [0.4, 0.5) is 0 Å². The van der Waals surface area contributed by atoms with Crippen molar-refractivity contribution in [3.8, 4) is 0 Å². The second-order valence-corrected chi connectivity index (χ2v) is 6.30. The summed E-state index contributed by atoms with van der Waals surface area (Å²) in [5.41, 5.74) is 7.71. The van der Waals surface area contributed by atoms with E-state index in [2.05, 4.69) is 52.8 Å². The fourth-order valence-electron chi connectivity index (χ4n) is 2.61. The van der Waals surface area contributed by atoms with E-state index in [4.69, 9.17) is 5.73 Å². The first kappa shape index (κ1) is 12.5. The van der Waals surface area contributed by atoms with Gasteiger partial charge in [-0.05, 0) is 44.9 Å². The van der Waals surface area contributed by atoms with Gasteiger partial charge in [0.05, 0.1) is 0 Å². The summed E-state index contributed by atoms with van der Waals surface area (Å²) >= 11 is 0. The predicted octanol–water partition coefficient (Wildman–Crippen LogP) is 3.66. The SMILES string of the molecule is CC1=CCC(C(C)(C)CC(C)(C)N)C=C1. The van der Waals surface area contributed by atoms with Crippen LogP contribution in [0.2, 0.25) is 0 Å². The van der Waals surface area contributed by atoms with Crippen molar-refractivity contribution in [1.82, 2.24) is 0 Å². The molecule has 0 heterocycles. The van der Waals surface area contributed by atoms with E-state index in [1.165, 1.54) is 5.57 Å². The Morgan fingerprint density at radius 1 is 1.33 bits per heavy atom. The maximum absolute atomic E-state index is 6.12. The lowest BCUT2D eigenvalue weighted by Crippen LogP contribution is -2.40. The molecule has 0 amide bonds. The lowest BCUT2D eigenvalue weighted by Gasteiger charge is -2.38. The van der Waals surface area contributed by atoms with E-state index in [0.29, 0.717) is 5.92 Å². The van der Waals surface area contributed by atoms with E-state index in [0.717, 1.165) is 12.8 Å². The average Bonchev–Trinajstić information content (AvgIpc) is 2.00. The molecule has 0 aromatic carbocycles. The lowest BCUT2D eigenvalue weighted by molar-refractivity contribution is 0.190. The number of nitrogens with two attached hydrogens (primary N) is 1. The summed E-state index contributed by atoms with van der Waals surface area (Å²) in [5, 5.41) is 0. The van der Waals surface area contributed by atoms with E-state index in [1.54, 1.807) is 0 Å². The van der Waals surface area contributed by atoms with Crippen LogP contribution in [0.25, 0.3) is 0 Å². The van der Waals surface area contributed by atoms with Gasteiger partial charge in [0.1, 0.15) is 0 Å². The molecule has 2 N–H and O–H groups in total. The van der Waals surface area contributed by atoms with Gasteiger partial charge in [0.15, 0.2) is 0 Å². The summed E-state index contributed by atoms with van der Waals surface area (Å²) < 4.78 is 0. The summed E-state index contributed by atoms with van der Waals surface area (Å²) in [6.45, 7) is 11.0. The van der Waals surface area contributed by atoms with Gasteiger partial charge in [-0.15, -0.1) is 0 Å². The molecule has 1 atom stereocenters. The summed E-state index contributed by atoms with van der Waals surface area (Å²) in [6, 6.07) is 0. The van der Waals surface area contributed by atoms with Crippen LogP contribution >= 0.6 is 0 Å². The molecule has 0 saturated heterocycles. The standard InChI is InChI=1S/C14H25N/c1-11-6-8-12(9-7-11)13(2,3)10-14(4,5)15/h6-8,12H,9-10,15H2,1-5H3. The number of rotatable bonds is 3. The maximum atomic E-state index is 6.12. The molecule has 1 rings (SSSR count). The van der Waals surface area contributed by atoms with Crippen LogP contribution in [-0.2, 0) is 0 Å². The van der Waals surface area contributed by atoms with Gasteiger partial charge >= 0.3 is 0 Å². The van der Waals surface area contributed by atoms with Crippen LogP contribution in [0.5, 0.6) is 0 Å². The third kappa shape index (κ3) is 3.83. The Kier molecular flexibility index (Phi) is 3.44. The minimum absolute atomic E-state index is 0.0758. The van der Waals surface area contributed by atoms with Gasteiger partial charge in [0.25, 0.3) is 0 Å². The highest BCUT2D eigenvalue weighted by molar-refractivity contribution is 5.22. The second-order valence-electron chi connectivity index (χ2n) is 6.30. The molecule has 0 radical (unpaired) electrons. The summed E-state index contributed by atoms with van der Waals surface area (Å²) in [5.74, 6) is 0.629. The Hall–Kier alpha value is -0.560. The van der Waals surface area contributed by atoms with Crippen LogP contribution in [-0.4, -0.2) is 5.54 Å². The highest BCUT2D eigenvalue weighted by Crippen LogP contribution is 2.39. The molecule has 86 valence electrons. The molecular weight excluding hydrogens is 182 g/mol. The van der Waals surface area contributed by atoms with E-state index in [-0.39, 0.29) is 11.0 Å². The van der Waals surface area contributed by atoms with Gasteiger partial charge in [0, 0.05) is 5.54 Å². The second kappa shape index (κ2) is 4.13. The van der Waals surface area contributed by atoms with Gasteiger partial charge in [-0.1, -0.05) is 37.6 Å². The monoisotopic (exact) mass is 207 g/mol. The first-order chi connectivity index (χ1) is 6.71. The topological polar surface area (TPSA) is 26.0 Å². The third-order valence-corrected chi connectivity index (χ3v) is 3.20. The number of allylic oxidation sites excluding steroid dienone is 4. The molecule has 0 aliphatic heterocycles. The van der Waals surface area contributed by atoms with Gasteiger partial charge in [0.2, 0.25) is 0 Å². The summed E-state index contributed by atoms with van der Waals surface area (Å²) in [6.07, 6.45) is 9.13. The Labute approximate surface area is 94.4 Å². The zero-order valence-corrected chi connectivity index (χ0v) is 10.8. The van der Waals surface area contributed by atoms with Gasteiger partial charge in [-0.2, -0.15) is 0 Å². The van der Waals surface area contributed by atoms with E-state index in [1.807, 2.05) is 0 Å². The molecule has 0 bridgehead atoms. The minimum Gasteiger partial charge on any atom is -0.326 e. The molecule has 0 spiro atoms. The molecule has 1 aliphatic rings. The Balaban J connectivity index is 2.68. The van der Waals surface area contributed by atoms with Crippen molar-refractivity contribution in [1.29, 1.82) is 0 Å². The summed E-state index contributed by atoms with van der Waals surface area (Å²) in [4.78, 5) is 0. The molecule has 0 aromatic heterocycles. The van der Waals surface area contributed by atoms with Crippen LogP contribution in [0.3, 0.4) is 0 Å². The quantitative estimate of drug-likeness (QED) is 0.751. The van der Waals surface area contributed by atoms with Crippen molar-refractivity contribution in [2.45, 2.75) is 53.0 Å². The predicted molar refractivity (Wildman–Crippen MR) is 67.7 cm³/mol. The molecule has 0 aromatic rings. The fraction of sp³-hybridized carbons (Fsp3) is 0.714. The van der Waals surface area contributed by atoms with Crippen LogP contribution in [0.15, 0.2) is 23.8 Å². The summed E-state index contributed by atoms with van der Waals surface area (Å²) in [7, 11) is 0. The normalized spacial score (nSPS) is 22.8. The minimum atomic E-state index is -0.0758. The Bertz CT molecular complexity index is 276. The highest BCUT2D eigenvalue weighted by Gasteiger charge is 2.32. The molecule has 1 heteroatoms. The number of hydrogen-bond acceptors (Lipinski definition) is 1. The van der Waals surface area contributed by atoms with E-state index in [9.17, 15) is 0 Å². The first-order valence-electron chi connectivity index (χ1n) is 5.84. The fourth-order valence-corrected chi connectivity index (χ4v) is 2.61. The highest BCUT2D eigenvalue weighted by atomic mass is 14.7. The third-order valence-electron chi connectivity index (χ3n) is 3.20. The molecular formula is C14H25N. The molecule has 1 unspecified atom stereocenters. The molecule has 15 heavy (non-hydrogen) atoms. The molecule has 0 saturated carbocycles. The van der Waals surface area contributed by atoms with Gasteiger partial charge in [-0.3, -0.25) is 0 Å². The first-order valence-corrected chi connectivity index (χ1v) is 5.84. The molecule has 0 fully saturated rings. The largest absolute Gasteiger partial charge is 0.326 e. The van der Waals surface area contributed by atoms with Crippen molar-refractivity contribution in [3.63, 3.8) is 0 Å². The van der Waals surface area contributed by atoms with E-state index >= 15 is 0 Å². The van der Waals surface area contributed by atoms with Crippen LogP contribution in [0, 0.1) is 11.3 Å². The van der Waals surface area contributed by atoms with E-state index < -0.39 is 0 Å². The Morgan fingerprint density at radius 3 is 2.33 bits per heavy atom. The number of hydrogen-bond donors (Lipinski definition) is 1. The van der Waals surface area contributed by atoms with Crippen molar-refractivity contribution < 1.29 is 0 Å². The van der Waals surface area contributed by atoms with Crippen molar-refractivity contribution in [2.75, 3.05) is 0 Å². The van der Waals surface area contributed by atoms with Crippen LogP contribution < -0.4 is 5.73 Å². The zero-order chi connectivity index (χ0) is 11.7. The average molecular weight is 207 g/mol. The zero-order valence-electron chi connectivity index (χ0n) is 10.8. The van der Waals surface area contributed by atoms with Crippen LogP contribution in [0.1, 0.15) is 47.5 Å². The maximum Gasteiger partial charge on any atom is 0.0102 e. The van der Waals surface area contributed by atoms with Crippen molar-refractivity contribution in [2.24, 2.45) is 17.1 Å². The van der Waals surface area contributed by atoms with Gasteiger partial charge in [-0.25, -0.2) is 0 Å².